The molecule has 2 rings (SSSR count). The molecule has 1 aromatic rings. The van der Waals surface area contributed by atoms with Gasteiger partial charge in [-0.25, -0.2) is 0 Å². The van der Waals surface area contributed by atoms with E-state index in [1.54, 1.807) is 0 Å². The Bertz CT molecular complexity index is 364. The number of hydrogen-bond acceptors (Lipinski definition) is 4. The van der Waals surface area contributed by atoms with Gasteiger partial charge in [0.25, 0.3) is 0 Å². The topological polar surface area (TPSA) is 32.3 Å². The van der Waals surface area contributed by atoms with E-state index in [0.717, 1.165) is 6.42 Å². The second-order valence-corrected chi connectivity index (χ2v) is 7.72. The Morgan fingerprint density at radius 1 is 1.53 bits per heavy atom. The predicted molar refractivity (Wildman–Crippen MR) is 75.8 cm³/mol. The first kappa shape index (κ1) is 13.4. The molecule has 0 radical (unpaired) electrons. The summed E-state index contributed by atoms with van der Waals surface area (Å²) in [5.74, 6) is 0.319. The van der Waals surface area contributed by atoms with Crippen LogP contribution in [-0.4, -0.2) is 23.0 Å². The minimum Gasteiger partial charge on any atom is -0.392 e. The van der Waals surface area contributed by atoms with Gasteiger partial charge in [0.2, 0.25) is 0 Å². The van der Waals surface area contributed by atoms with Gasteiger partial charge in [0, 0.05) is 17.8 Å². The normalized spacial score (nSPS) is 25.9. The van der Waals surface area contributed by atoms with E-state index in [2.05, 4.69) is 37.5 Å². The van der Waals surface area contributed by atoms with Crippen molar-refractivity contribution >= 4 is 23.1 Å². The number of aliphatic hydroxyl groups is 1. The summed E-state index contributed by atoms with van der Waals surface area (Å²) in [5.41, 5.74) is 1.43. The zero-order chi connectivity index (χ0) is 12.4. The molecule has 1 aliphatic rings. The average Bonchev–Trinajstić information content (AvgIpc) is 2.72. The molecule has 1 aromatic heterocycles. The number of rotatable bonds is 4. The summed E-state index contributed by atoms with van der Waals surface area (Å²) in [6.07, 6.45) is 0.904. The number of fused-ring (bicyclic) bond motifs is 1. The summed E-state index contributed by atoms with van der Waals surface area (Å²) in [4.78, 5) is 0. The van der Waals surface area contributed by atoms with E-state index < -0.39 is 0 Å². The Hall–Kier alpha value is -0.0300. The molecule has 0 aromatic carbocycles. The highest BCUT2D eigenvalue weighted by atomic mass is 32.2. The minimum atomic E-state index is -0.248. The lowest BCUT2D eigenvalue weighted by Crippen LogP contribution is -2.35. The van der Waals surface area contributed by atoms with E-state index >= 15 is 0 Å². The van der Waals surface area contributed by atoms with Gasteiger partial charge in [-0.2, -0.15) is 0 Å². The maximum absolute atomic E-state index is 9.86. The molecule has 0 spiro atoms. The van der Waals surface area contributed by atoms with Crippen LogP contribution in [0.3, 0.4) is 0 Å². The van der Waals surface area contributed by atoms with Gasteiger partial charge in [0.1, 0.15) is 0 Å². The van der Waals surface area contributed by atoms with Crippen LogP contribution in [0.2, 0.25) is 0 Å². The maximum atomic E-state index is 9.86. The molecule has 3 atom stereocenters. The van der Waals surface area contributed by atoms with Crippen molar-refractivity contribution in [2.24, 2.45) is 5.92 Å². The zero-order valence-corrected chi connectivity index (χ0v) is 12.3. The molecule has 0 bridgehead atoms. The first-order valence-corrected chi connectivity index (χ1v) is 7.99. The van der Waals surface area contributed by atoms with E-state index in [4.69, 9.17) is 0 Å². The smallest absolute Gasteiger partial charge is 0.0687 e. The molecular formula is C13H21NOS2. The van der Waals surface area contributed by atoms with Crippen molar-refractivity contribution in [3.8, 4) is 0 Å². The Labute approximate surface area is 112 Å². The van der Waals surface area contributed by atoms with Gasteiger partial charge in [-0.3, -0.25) is 0 Å². The number of thiophene rings is 1. The molecule has 96 valence electrons. The lowest BCUT2D eigenvalue weighted by Gasteiger charge is -2.29. The molecule has 2 N–H and O–H groups in total. The Morgan fingerprint density at radius 2 is 2.29 bits per heavy atom. The minimum absolute atomic E-state index is 0.248. The molecular weight excluding hydrogens is 250 g/mol. The van der Waals surface area contributed by atoms with Crippen molar-refractivity contribution in [1.82, 2.24) is 5.32 Å². The van der Waals surface area contributed by atoms with Crippen LogP contribution in [0.1, 0.15) is 38.8 Å². The van der Waals surface area contributed by atoms with Crippen molar-refractivity contribution in [1.29, 1.82) is 0 Å². The summed E-state index contributed by atoms with van der Waals surface area (Å²) >= 11 is 3.81. The molecule has 0 amide bonds. The lowest BCUT2D eigenvalue weighted by molar-refractivity contribution is 0.119. The quantitative estimate of drug-likeness (QED) is 0.881. The molecule has 17 heavy (non-hydrogen) atoms. The highest BCUT2D eigenvalue weighted by Crippen LogP contribution is 2.43. The van der Waals surface area contributed by atoms with Crippen LogP contribution in [0.25, 0.3) is 0 Å². The van der Waals surface area contributed by atoms with Crippen LogP contribution in [0.15, 0.2) is 15.7 Å². The van der Waals surface area contributed by atoms with Crippen molar-refractivity contribution in [3.05, 3.63) is 17.0 Å². The van der Waals surface area contributed by atoms with Crippen molar-refractivity contribution < 1.29 is 5.11 Å². The van der Waals surface area contributed by atoms with E-state index in [-0.39, 0.29) is 6.10 Å². The fourth-order valence-electron chi connectivity index (χ4n) is 2.04. The van der Waals surface area contributed by atoms with E-state index in [1.807, 2.05) is 23.1 Å². The molecule has 2 heterocycles. The molecule has 0 fully saturated rings. The standard InChI is InChI=1S/C13H21NOS2/c1-8(2)12(15)7-14-11-6-9(3)17-13-10(11)4-5-16-13/h4-5,8-9,11-12,14-15H,6-7H2,1-3H3/t9-,11?,12?/m0/s1. The fourth-order valence-corrected chi connectivity index (χ4v) is 4.61. The maximum Gasteiger partial charge on any atom is 0.0687 e. The van der Waals surface area contributed by atoms with Gasteiger partial charge in [0.05, 0.1) is 10.3 Å². The molecule has 2 nitrogen and oxygen atoms in total. The summed E-state index contributed by atoms with van der Waals surface area (Å²) in [7, 11) is 0. The van der Waals surface area contributed by atoms with Gasteiger partial charge < -0.3 is 10.4 Å². The third-order valence-electron chi connectivity index (χ3n) is 3.25. The highest BCUT2D eigenvalue weighted by molar-refractivity contribution is 8.01. The molecule has 0 saturated heterocycles. The van der Waals surface area contributed by atoms with E-state index in [9.17, 15) is 5.11 Å². The second-order valence-electron chi connectivity index (χ2n) is 5.10. The Balaban J connectivity index is 1.98. The van der Waals surface area contributed by atoms with Crippen LogP contribution in [0, 0.1) is 5.92 Å². The number of aliphatic hydroxyl groups excluding tert-OH is 1. The lowest BCUT2D eigenvalue weighted by atomic mass is 10.0. The molecule has 1 aliphatic heterocycles. The fraction of sp³-hybridized carbons (Fsp3) is 0.692. The number of thioether (sulfide) groups is 1. The monoisotopic (exact) mass is 271 g/mol. The largest absolute Gasteiger partial charge is 0.392 e. The van der Waals surface area contributed by atoms with Crippen LogP contribution in [0.4, 0.5) is 0 Å². The molecule has 4 heteroatoms. The van der Waals surface area contributed by atoms with Crippen LogP contribution < -0.4 is 5.32 Å². The first-order valence-electron chi connectivity index (χ1n) is 6.23. The summed E-state index contributed by atoms with van der Waals surface area (Å²) in [5, 5.41) is 16.2. The second kappa shape index (κ2) is 5.74. The van der Waals surface area contributed by atoms with Gasteiger partial charge in [-0.05, 0) is 29.3 Å². The molecule has 2 unspecified atom stereocenters. The highest BCUT2D eigenvalue weighted by Gasteiger charge is 2.26. The van der Waals surface area contributed by atoms with Crippen molar-refractivity contribution in [2.45, 2.75) is 48.8 Å². The zero-order valence-electron chi connectivity index (χ0n) is 10.6. The SMILES string of the molecule is CC(C)C(O)CNC1C[C@H](C)Sc2sccc21. The third-order valence-corrected chi connectivity index (χ3v) is 5.60. The summed E-state index contributed by atoms with van der Waals surface area (Å²) in [6.45, 7) is 7.08. The Kier molecular flexibility index (Phi) is 4.53. The first-order chi connectivity index (χ1) is 8.08. The Morgan fingerprint density at radius 3 is 3.00 bits per heavy atom. The van der Waals surface area contributed by atoms with Gasteiger partial charge in [-0.1, -0.05) is 20.8 Å². The molecule has 0 aliphatic carbocycles. The van der Waals surface area contributed by atoms with Crippen molar-refractivity contribution in [3.63, 3.8) is 0 Å². The van der Waals surface area contributed by atoms with E-state index in [0.29, 0.717) is 23.8 Å². The van der Waals surface area contributed by atoms with Crippen molar-refractivity contribution in [2.75, 3.05) is 6.54 Å². The van der Waals surface area contributed by atoms with Gasteiger partial charge in [0.15, 0.2) is 0 Å². The summed E-state index contributed by atoms with van der Waals surface area (Å²) in [6, 6.07) is 2.64. The summed E-state index contributed by atoms with van der Waals surface area (Å²) < 4.78 is 1.44. The average molecular weight is 271 g/mol. The molecule has 0 saturated carbocycles. The predicted octanol–water partition coefficient (Wildman–Crippen LogP) is 3.28. The van der Waals surface area contributed by atoms with Crippen LogP contribution in [0.5, 0.6) is 0 Å². The number of nitrogens with one attached hydrogen (secondary N) is 1. The van der Waals surface area contributed by atoms with Gasteiger partial charge in [-0.15, -0.1) is 23.1 Å². The number of hydrogen-bond donors (Lipinski definition) is 2. The van der Waals surface area contributed by atoms with Gasteiger partial charge >= 0.3 is 0 Å². The third kappa shape index (κ3) is 3.25. The van der Waals surface area contributed by atoms with E-state index in [1.165, 1.54) is 9.77 Å². The van der Waals surface area contributed by atoms with Crippen LogP contribution >= 0.6 is 23.1 Å². The van der Waals surface area contributed by atoms with Crippen LogP contribution in [-0.2, 0) is 0 Å².